The van der Waals surface area contributed by atoms with Gasteiger partial charge in [-0.25, -0.2) is 0 Å². The highest BCUT2D eigenvalue weighted by Crippen LogP contribution is 2.38. The molecule has 0 aromatic heterocycles. The molecule has 9 heteroatoms. The quantitative estimate of drug-likeness (QED) is 0.187. The van der Waals surface area contributed by atoms with Crippen molar-refractivity contribution in [2.24, 2.45) is 0 Å². The molecule has 6 nitrogen and oxygen atoms in total. The number of ether oxygens (including phenoxy) is 3. The summed E-state index contributed by atoms with van der Waals surface area (Å²) >= 11 is 9.31. The number of benzene rings is 3. The van der Waals surface area contributed by atoms with E-state index >= 15 is 0 Å². The Balaban J connectivity index is 1.44. The predicted octanol–water partition coefficient (Wildman–Crippen LogP) is 6.96. The molecule has 1 aliphatic rings. The summed E-state index contributed by atoms with van der Waals surface area (Å²) in [6, 6.07) is 18.8. The molecule has 0 saturated carbocycles. The zero-order valence-corrected chi connectivity index (χ0v) is 23.4. The number of hydrogen-bond acceptors (Lipinski definition) is 6. The first-order valence-electron chi connectivity index (χ1n) is 11.0. The minimum atomic E-state index is -0.342. The Kier molecular flexibility index (Phi) is 8.81. The number of amides is 2. The molecule has 1 aliphatic heterocycles. The molecule has 0 aliphatic carbocycles. The first-order valence-corrected chi connectivity index (χ1v) is 13.3. The summed E-state index contributed by atoms with van der Waals surface area (Å²) in [6.07, 6.45) is 1.69. The van der Waals surface area contributed by atoms with Crippen LogP contribution in [-0.2, 0) is 11.4 Å². The van der Waals surface area contributed by atoms with Crippen LogP contribution in [0.25, 0.3) is 6.08 Å². The smallest absolute Gasteiger partial charge is 0.293 e. The minimum Gasteiger partial charge on any atom is -0.493 e. The summed E-state index contributed by atoms with van der Waals surface area (Å²) in [5.74, 6) is 1.46. The van der Waals surface area contributed by atoms with Crippen LogP contribution in [0.5, 0.6) is 17.2 Å². The summed E-state index contributed by atoms with van der Waals surface area (Å²) in [4.78, 5) is 26.9. The normalized spacial score (nSPS) is 14.4. The largest absolute Gasteiger partial charge is 0.493 e. The lowest BCUT2D eigenvalue weighted by Crippen LogP contribution is -2.32. The zero-order chi connectivity index (χ0) is 25.7. The highest BCUT2D eigenvalue weighted by molar-refractivity contribution is 14.1. The molecule has 186 valence electrons. The van der Waals surface area contributed by atoms with Crippen LogP contribution in [0, 0.1) is 10.5 Å². The summed E-state index contributed by atoms with van der Waals surface area (Å²) in [5, 5.41) is 0.309. The van der Waals surface area contributed by atoms with Gasteiger partial charge < -0.3 is 14.2 Å². The van der Waals surface area contributed by atoms with E-state index in [1.807, 2.05) is 61.5 Å². The van der Waals surface area contributed by atoms with Crippen molar-refractivity contribution >= 4 is 63.2 Å². The van der Waals surface area contributed by atoms with Crippen LogP contribution in [-0.4, -0.2) is 36.3 Å². The minimum absolute atomic E-state index is 0.172. The number of methoxy groups -OCH3 is 1. The number of nitrogens with zero attached hydrogens (tertiary/aromatic N) is 1. The van der Waals surface area contributed by atoms with E-state index in [1.165, 1.54) is 4.90 Å². The average molecular weight is 636 g/mol. The zero-order valence-electron chi connectivity index (χ0n) is 19.6. The molecule has 3 aromatic carbocycles. The van der Waals surface area contributed by atoms with E-state index in [1.54, 1.807) is 19.3 Å². The van der Waals surface area contributed by atoms with Crippen molar-refractivity contribution in [3.63, 3.8) is 0 Å². The number of hydrogen-bond donors (Lipinski definition) is 0. The highest BCUT2D eigenvalue weighted by atomic mass is 127. The summed E-state index contributed by atoms with van der Waals surface area (Å²) in [5.41, 5.74) is 2.66. The Morgan fingerprint density at radius 3 is 2.61 bits per heavy atom. The van der Waals surface area contributed by atoms with Crippen LogP contribution in [0.15, 0.2) is 65.6 Å². The van der Waals surface area contributed by atoms with E-state index in [4.69, 9.17) is 25.8 Å². The first kappa shape index (κ1) is 26.4. The lowest BCUT2D eigenvalue weighted by molar-refractivity contribution is -0.123. The van der Waals surface area contributed by atoms with Gasteiger partial charge in [-0.2, -0.15) is 0 Å². The molecule has 0 bridgehead atoms. The van der Waals surface area contributed by atoms with E-state index in [0.717, 1.165) is 32.0 Å². The van der Waals surface area contributed by atoms with Gasteiger partial charge in [0.15, 0.2) is 11.5 Å². The number of thioether (sulfide) groups is 1. The first-order chi connectivity index (χ1) is 17.4. The van der Waals surface area contributed by atoms with Gasteiger partial charge in [-0.05, 0) is 88.8 Å². The Morgan fingerprint density at radius 1 is 1.06 bits per heavy atom. The highest BCUT2D eigenvalue weighted by Gasteiger charge is 2.35. The third kappa shape index (κ3) is 6.35. The molecule has 1 fully saturated rings. The van der Waals surface area contributed by atoms with Crippen molar-refractivity contribution in [3.8, 4) is 17.2 Å². The molecule has 4 rings (SSSR count). The number of carbonyl (C=O) groups excluding carboxylic acids is 2. The Labute approximate surface area is 232 Å². The molecule has 1 saturated heterocycles. The molecule has 0 atom stereocenters. The maximum absolute atomic E-state index is 12.9. The van der Waals surface area contributed by atoms with Gasteiger partial charge >= 0.3 is 0 Å². The molecule has 3 aromatic rings. The van der Waals surface area contributed by atoms with Crippen molar-refractivity contribution < 1.29 is 23.8 Å². The van der Waals surface area contributed by atoms with Gasteiger partial charge in [0.05, 0.1) is 22.1 Å². The fourth-order valence-electron chi connectivity index (χ4n) is 3.53. The predicted molar refractivity (Wildman–Crippen MR) is 151 cm³/mol. The van der Waals surface area contributed by atoms with Crippen molar-refractivity contribution in [1.29, 1.82) is 0 Å². The standard InChI is InChI=1S/C27H23ClINO5S/c1-17-6-5-8-20(12-17)34-11-10-30-26(31)24(36-27(30)32)15-18-13-22(29)25(23(14-18)33-2)35-16-19-7-3-4-9-21(19)28/h3-9,12-15H,10-11,16H2,1-2H3/b24-15-. The molecular formula is C27H23ClINO5S. The third-order valence-electron chi connectivity index (χ3n) is 5.33. The number of aryl methyl sites for hydroxylation is 1. The van der Waals surface area contributed by atoms with Crippen molar-refractivity contribution in [2.75, 3.05) is 20.3 Å². The molecule has 1 heterocycles. The molecule has 0 radical (unpaired) electrons. The van der Waals surface area contributed by atoms with Crippen molar-refractivity contribution in [3.05, 3.63) is 90.9 Å². The second kappa shape index (κ2) is 12.0. The van der Waals surface area contributed by atoms with Gasteiger partial charge in [-0.15, -0.1) is 0 Å². The number of rotatable bonds is 9. The Morgan fingerprint density at radius 2 is 1.86 bits per heavy atom. The second-order valence-electron chi connectivity index (χ2n) is 7.91. The summed E-state index contributed by atoms with van der Waals surface area (Å²) < 4.78 is 18.1. The Bertz CT molecular complexity index is 1330. The van der Waals surface area contributed by atoms with Gasteiger partial charge in [0.25, 0.3) is 11.1 Å². The molecule has 0 N–H and O–H groups in total. The van der Waals surface area contributed by atoms with E-state index < -0.39 is 0 Å². The van der Waals surface area contributed by atoms with Gasteiger partial charge in [0.1, 0.15) is 19.0 Å². The van der Waals surface area contributed by atoms with Crippen LogP contribution in [0.3, 0.4) is 0 Å². The monoisotopic (exact) mass is 635 g/mol. The summed E-state index contributed by atoms with van der Waals surface area (Å²) in [7, 11) is 1.56. The SMILES string of the molecule is COc1cc(/C=C2\SC(=O)N(CCOc3cccc(C)c3)C2=O)cc(I)c1OCc1ccccc1Cl. The second-order valence-corrected chi connectivity index (χ2v) is 10.5. The van der Waals surface area contributed by atoms with Crippen LogP contribution in [0.4, 0.5) is 4.79 Å². The maximum atomic E-state index is 12.9. The summed E-state index contributed by atoms with van der Waals surface area (Å²) in [6.45, 7) is 2.65. The van der Waals surface area contributed by atoms with Crippen LogP contribution in [0.1, 0.15) is 16.7 Å². The molecular weight excluding hydrogens is 613 g/mol. The average Bonchev–Trinajstić information content (AvgIpc) is 3.11. The van der Waals surface area contributed by atoms with Crippen LogP contribution < -0.4 is 14.2 Å². The van der Waals surface area contributed by atoms with Gasteiger partial charge in [-0.3, -0.25) is 14.5 Å². The van der Waals surface area contributed by atoms with Crippen LogP contribution in [0.2, 0.25) is 5.02 Å². The van der Waals surface area contributed by atoms with Gasteiger partial charge in [-0.1, -0.05) is 41.9 Å². The molecule has 36 heavy (non-hydrogen) atoms. The van der Waals surface area contributed by atoms with Crippen molar-refractivity contribution in [2.45, 2.75) is 13.5 Å². The van der Waals surface area contributed by atoms with Crippen molar-refractivity contribution in [1.82, 2.24) is 4.90 Å². The fourth-order valence-corrected chi connectivity index (χ4v) is 5.37. The number of carbonyl (C=O) groups is 2. The van der Waals surface area contributed by atoms with E-state index in [0.29, 0.717) is 27.2 Å². The number of halogens is 2. The van der Waals surface area contributed by atoms with Gasteiger partial charge in [0, 0.05) is 10.6 Å². The third-order valence-corrected chi connectivity index (χ3v) is 7.40. The van der Waals surface area contributed by atoms with E-state index in [9.17, 15) is 9.59 Å². The maximum Gasteiger partial charge on any atom is 0.293 e. The molecule has 0 spiro atoms. The topological polar surface area (TPSA) is 65.1 Å². The van der Waals surface area contributed by atoms with E-state index in [2.05, 4.69) is 22.6 Å². The fraction of sp³-hybridized carbons (Fsp3) is 0.185. The van der Waals surface area contributed by atoms with Crippen LogP contribution >= 0.6 is 46.0 Å². The lowest BCUT2D eigenvalue weighted by Gasteiger charge is -2.14. The number of imide groups is 1. The lowest BCUT2D eigenvalue weighted by atomic mass is 10.1. The molecule has 0 unspecified atom stereocenters. The van der Waals surface area contributed by atoms with E-state index in [-0.39, 0.29) is 30.9 Å². The van der Waals surface area contributed by atoms with Gasteiger partial charge in [0.2, 0.25) is 0 Å². The Hall–Kier alpha value is -2.69. The molecule has 2 amide bonds.